The summed E-state index contributed by atoms with van der Waals surface area (Å²) in [6, 6.07) is 7.90. The molecule has 82 valence electrons. The standard InChI is InChI=1S/C12H16ClNS/c1-3-14-8-10(2)9-15-12-6-4-11(13)5-7-12/h4-7,14H,2-3,8-9H2,1H3. The number of nitrogens with one attached hydrogen (secondary N) is 1. The first-order valence-electron chi connectivity index (χ1n) is 4.98. The third kappa shape index (κ3) is 5.26. The Morgan fingerprint density at radius 1 is 1.40 bits per heavy atom. The van der Waals surface area contributed by atoms with Crippen LogP contribution >= 0.6 is 23.4 Å². The number of hydrogen-bond acceptors (Lipinski definition) is 2. The van der Waals surface area contributed by atoms with E-state index in [0.717, 1.165) is 23.9 Å². The molecule has 0 atom stereocenters. The Bertz CT molecular complexity index is 308. The van der Waals surface area contributed by atoms with Gasteiger partial charge in [0.1, 0.15) is 0 Å². The predicted octanol–water partition coefficient (Wildman–Crippen LogP) is 3.60. The maximum absolute atomic E-state index is 5.81. The van der Waals surface area contributed by atoms with Gasteiger partial charge in [-0.1, -0.05) is 30.7 Å². The lowest BCUT2D eigenvalue weighted by Crippen LogP contribution is -2.16. The lowest BCUT2D eigenvalue weighted by atomic mass is 10.3. The second-order valence-electron chi connectivity index (χ2n) is 3.27. The van der Waals surface area contributed by atoms with E-state index in [2.05, 4.69) is 18.8 Å². The number of rotatable bonds is 6. The van der Waals surface area contributed by atoms with E-state index in [0.29, 0.717) is 0 Å². The number of benzene rings is 1. The summed E-state index contributed by atoms with van der Waals surface area (Å²) in [4.78, 5) is 1.23. The van der Waals surface area contributed by atoms with Crippen LogP contribution in [0.4, 0.5) is 0 Å². The van der Waals surface area contributed by atoms with E-state index in [1.807, 2.05) is 24.3 Å². The van der Waals surface area contributed by atoms with Gasteiger partial charge in [0.2, 0.25) is 0 Å². The molecule has 1 aromatic rings. The van der Waals surface area contributed by atoms with Gasteiger partial charge in [0.05, 0.1) is 0 Å². The molecule has 1 N–H and O–H groups in total. The predicted molar refractivity (Wildman–Crippen MR) is 69.9 cm³/mol. The molecule has 0 spiro atoms. The lowest BCUT2D eigenvalue weighted by Gasteiger charge is -2.05. The Balaban J connectivity index is 2.30. The van der Waals surface area contributed by atoms with Crippen LogP contribution in [0.2, 0.25) is 5.02 Å². The summed E-state index contributed by atoms with van der Waals surface area (Å²) in [5, 5.41) is 4.04. The highest BCUT2D eigenvalue weighted by Crippen LogP contribution is 2.21. The Kier molecular flexibility index (Phi) is 5.84. The van der Waals surface area contributed by atoms with Gasteiger partial charge in [-0.15, -0.1) is 11.8 Å². The molecule has 1 aromatic carbocycles. The summed E-state index contributed by atoms with van der Waals surface area (Å²) >= 11 is 7.60. The van der Waals surface area contributed by atoms with Crippen molar-refractivity contribution in [3.8, 4) is 0 Å². The van der Waals surface area contributed by atoms with Crippen LogP contribution in [0.1, 0.15) is 6.92 Å². The van der Waals surface area contributed by atoms with Gasteiger partial charge >= 0.3 is 0 Å². The van der Waals surface area contributed by atoms with Crippen molar-refractivity contribution in [1.82, 2.24) is 5.32 Å². The van der Waals surface area contributed by atoms with Crippen LogP contribution in [-0.4, -0.2) is 18.8 Å². The highest BCUT2D eigenvalue weighted by Gasteiger charge is 1.97. The summed E-state index contributed by atoms with van der Waals surface area (Å²) in [7, 11) is 0. The van der Waals surface area contributed by atoms with E-state index in [-0.39, 0.29) is 0 Å². The summed E-state index contributed by atoms with van der Waals surface area (Å²) in [5.41, 5.74) is 1.22. The first-order valence-corrected chi connectivity index (χ1v) is 6.34. The van der Waals surface area contributed by atoms with Gasteiger partial charge in [-0.2, -0.15) is 0 Å². The fraction of sp³-hybridized carbons (Fsp3) is 0.333. The maximum Gasteiger partial charge on any atom is 0.0406 e. The van der Waals surface area contributed by atoms with Crippen LogP contribution in [0.3, 0.4) is 0 Å². The van der Waals surface area contributed by atoms with Crippen LogP contribution in [0.5, 0.6) is 0 Å². The average molecular weight is 242 g/mol. The molecular formula is C12H16ClNS. The van der Waals surface area contributed by atoms with Gasteiger partial charge < -0.3 is 5.32 Å². The van der Waals surface area contributed by atoms with Crippen LogP contribution in [0.15, 0.2) is 41.3 Å². The minimum Gasteiger partial charge on any atom is -0.313 e. The Morgan fingerprint density at radius 3 is 2.67 bits per heavy atom. The molecule has 0 aliphatic heterocycles. The SMILES string of the molecule is C=C(CNCC)CSc1ccc(Cl)cc1. The van der Waals surface area contributed by atoms with Gasteiger partial charge in [0.15, 0.2) is 0 Å². The first kappa shape index (κ1) is 12.6. The summed E-state index contributed by atoms with van der Waals surface area (Å²) < 4.78 is 0. The van der Waals surface area contributed by atoms with E-state index in [9.17, 15) is 0 Å². The highest BCUT2D eigenvalue weighted by molar-refractivity contribution is 7.99. The molecule has 1 rings (SSSR count). The molecule has 1 nitrogen and oxygen atoms in total. The van der Waals surface area contributed by atoms with Gasteiger partial charge in [-0.25, -0.2) is 0 Å². The van der Waals surface area contributed by atoms with Crippen molar-refractivity contribution < 1.29 is 0 Å². The monoisotopic (exact) mass is 241 g/mol. The van der Waals surface area contributed by atoms with E-state index in [4.69, 9.17) is 11.6 Å². The number of hydrogen-bond donors (Lipinski definition) is 1. The summed E-state index contributed by atoms with van der Waals surface area (Å²) in [6.45, 7) is 8.00. The topological polar surface area (TPSA) is 12.0 Å². The van der Waals surface area contributed by atoms with Crippen LogP contribution in [0, 0.1) is 0 Å². The Labute approximate surface area is 101 Å². The molecule has 3 heteroatoms. The molecule has 0 aliphatic rings. The molecule has 0 fully saturated rings. The van der Waals surface area contributed by atoms with Crippen molar-refractivity contribution in [1.29, 1.82) is 0 Å². The van der Waals surface area contributed by atoms with Crippen molar-refractivity contribution in [3.63, 3.8) is 0 Å². The Morgan fingerprint density at radius 2 is 2.07 bits per heavy atom. The van der Waals surface area contributed by atoms with E-state index < -0.39 is 0 Å². The average Bonchev–Trinajstić information content (AvgIpc) is 2.25. The summed E-state index contributed by atoms with van der Waals surface area (Å²) in [5.74, 6) is 0.953. The molecule has 0 aromatic heterocycles. The lowest BCUT2D eigenvalue weighted by molar-refractivity contribution is 0.779. The largest absolute Gasteiger partial charge is 0.313 e. The van der Waals surface area contributed by atoms with Crippen LogP contribution < -0.4 is 5.32 Å². The third-order valence-electron chi connectivity index (χ3n) is 1.88. The number of thioether (sulfide) groups is 1. The molecule has 0 bridgehead atoms. The molecule has 0 saturated heterocycles. The molecule has 0 amide bonds. The van der Waals surface area contributed by atoms with Gasteiger partial charge in [0, 0.05) is 22.2 Å². The molecule has 0 aliphatic carbocycles. The molecule has 0 unspecified atom stereocenters. The minimum absolute atomic E-state index is 0.783. The molecular weight excluding hydrogens is 226 g/mol. The first-order chi connectivity index (χ1) is 7.22. The zero-order valence-corrected chi connectivity index (χ0v) is 10.5. The van der Waals surface area contributed by atoms with E-state index in [1.54, 1.807) is 11.8 Å². The van der Waals surface area contributed by atoms with E-state index in [1.165, 1.54) is 10.5 Å². The number of likely N-dealkylation sites (N-methyl/N-ethyl adjacent to an activating group) is 1. The smallest absolute Gasteiger partial charge is 0.0406 e. The van der Waals surface area contributed by atoms with Gasteiger partial charge in [-0.05, 0) is 30.8 Å². The molecule has 0 radical (unpaired) electrons. The highest BCUT2D eigenvalue weighted by atomic mass is 35.5. The van der Waals surface area contributed by atoms with Crippen molar-refractivity contribution in [3.05, 3.63) is 41.4 Å². The van der Waals surface area contributed by atoms with Gasteiger partial charge in [0.25, 0.3) is 0 Å². The Hall–Kier alpha value is -0.440. The van der Waals surface area contributed by atoms with Crippen LogP contribution in [0.25, 0.3) is 0 Å². The molecule has 0 saturated carbocycles. The van der Waals surface area contributed by atoms with Crippen molar-refractivity contribution >= 4 is 23.4 Å². The fourth-order valence-corrected chi connectivity index (χ4v) is 2.00. The normalized spacial score (nSPS) is 10.3. The van der Waals surface area contributed by atoms with Crippen LogP contribution in [-0.2, 0) is 0 Å². The summed E-state index contributed by atoms with van der Waals surface area (Å²) in [6.07, 6.45) is 0. The van der Waals surface area contributed by atoms with Crippen molar-refractivity contribution in [2.75, 3.05) is 18.8 Å². The fourth-order valence-electron chi connectivity index (χ4n) is 1.07. The minimum atomic E-state index is 0.783. The van der Waals surface area contributed by atoms with Crippen molar-refractivity contribution in [2.24, 2.45) is 0 Å². The second-order valence-corrected chi connectivity index (χ2v) is 4.76. The van der Waals surface area contributed by atoms with Gasteiger partial charge in [-0.3, -0.25) is 0 Å². The second kappa shape index (κ2) is 6.94. The zero-order chi connectivity index (χ0) is 11.1. The van der Waals surface area contributed by atoms with Crippen molar-refractivity contribution in [2.45, 2.75) is 11.8 Å². The van der Waals surface area contributed by atoms with E-state index >= 15 is 0 Å². The quantitative estimate of drug-likeness (QED) is 0.603. The zero-order valence-electron chi connectivity index (χ0n) is 8.92. The molecule has 15 heavy (non-hydrogen) atoms. The molecule has 0 heterocycles. The third-order valence-corrected chi connectivity index (χ3v) is 3.29. The maximum atomic E-state index is 5.81. The number of halogens is 1.